The number of nitrogens with one attached hydrogen (secondary N) is 1. The van der Waals surface area contributed by atoms with E-state index in [2.05, 4.69) is 17.2 Å². The predicted molar refractivity (Wildman–Crippen MR) is 125 cm³/mol. The van der Waals surface area contributed by atoms with Crippen molar-refractivity contribution < 1.29 is 14.7 Å². The van der Waals surface area contributed by atoms with Crippen molar-refractivity contribution in [2.24, 2.45) is 0 Å². The Morgan fingerprint density at radius 3 is 2.53 bits per heavy atom. The van der Waals surface area contributed by atoms with Crippen LogP contribution in [0.1, 0.15) is 42.4 Å². The first-order valence-electron chi connectivity index (χ1n) is 10.8. The lowest BCUT2D eigenvalue weighted by Crippen LogP contribution is -2.43. The van der Waals surface area contributed by atoms with Crippen molar-refractivity contribution in [3.05, 3.63) is 88.5 Å². The molecule has 0 aliphatic rings. The maximum Gasteiger partial charge on any atom is 0.326 e. The average molecular weight is 454 g/mol. The molecule has 0 fully saturated rings. The third-order valence-electron chi connectivity index (χ3n) is 5.32. The third kappa shape index (κ3) is 6.44. The van der Waals surface area contributed by atoms with Gasteiger partial charge in [0.25, 0.3) is 0 Å². The number of nitrogens with zero attached hydrogens (tertiary/aromatic N) is 2. The minimum Gasteiger partial charge on any atom is -0.480 e. The van der Waals surface area contributed by atoms with Crippen LogP contribution in [0.25, 0.3) is 0 Å². The zero-order chi connectivity index (χ0) is 22.9. The van der Waals surface area contributed by atoms with E-state index in [1.807, 2.05) is 59.2 Å². The van der Waals surface area contributed by atoms with Crippen molar-refractivity contribution in [1.29, 1.82) is 0 Å². The molecular weight excluding hydrogens is 426 g/mol. The molecule has 0 saturated heterocycles. The maximum atomic E-state index is 12.5. The van der Waals surface area contributed by atoms with Gasteiger partial charge in [-0.2, -0.15) is 0 Å². The number of rotatable bonds is 11. The topological polar surface area (TPSA) is 84.2 Å². The van der Waals surface area contributed by atoms with Crippen LogP contribution in [-0.2, 0) is 35.4 Å². The second-order valence-electron chi connectivity index (χ2n) is 7.77. The molecule has 0 saturated carbocycles. The maximum absolute atomic E-state index is 12.5. The van der Waals surface area contributed by atoms with Crippen LogP contribution in [0.15, 0.2) is 60.8 Å². The van der Waals surface area contributed by atoms with Crippen molar-refractivity contribution in [3.8, 4) is 0 Å². The highest BCUT2D eigenvalue weighted by Gasteiger charge is 2.23. The molecule has 0 aliphatic carbocycles. The fourth-order valence-corrected chi connectivity index (χ4v) is 3.77. The molecule has 1 atom stereocenters. The largest absolute Gasteiger partial charge is 0.480 e. The van der Waals surface area contributed by atoms with E-state index in [1.54, 1.807) is 6.20 Å². The Morgan fingerprint density at radius 1 is 1.12 bits per heavy atom. The first kappa shape index (κ1) is 23.5. The number of carboxylic acids is 1. The van der Waals surface area contributed by atoms with E-state index >= 15 is 0 Å². The molecule has 7 heteroatoms. The number of hydrogen-bond donors (Lipinski definition) is 2. The highest BCUT2D eigenvalue weighted by molar-refractivity contribution is 6.31. The molecule has 2 aromatic carbocycles. The summed E-state index contributed by atoms with van der Waals surface area (Å²) in [5.41, 5.74) is 2.52. The van der Waals surface area contributed by atoms with Gasteiger partial charge in [0.05, 0.1) is 13.0 Å². The van der Waals surface area contributed by atoms with Gasteiger partial charge in [-0.05, 0) is 23.6 Å². The minimum absolute atomic E-state index is 0.130. The van der Waals surface area contributed by atoms with Crippen LogP contribution in [-0.4, -0.2) is 32.6 Å². The van der Waals surface area contributed by atoms with Crippen LogP contribution >= 0.6 is 11.6 Å². The fraction of sp³-hybridized carbons (Fsp3) is 0.320. The van der Waals surface area contributed by atoms with E-state index in [-0.39, 0.29) is 18.7 Å². The number of aliphatic carboxylic acids is 1. The van der Waals surface area contributed by atoms with E-state index in [0.717, 1.165) is 41.9 Å². The Morgan fingerprint density at radius 2 is 1.84 bits per heavy atom. The summed E-state index contributed by atoms with van der Waals surface area (Å²) in [5.74, 6) is -0.513. The van der Waals surface area contributed by atoms with Gasteiger partial charge in [-0.15, -0.1) is 0 Å². The Hall–Kier alpha value is -3.12. The highest BCUT2D eigenvalue weighted by atomic mass is 35.5. The molecular formula is C25H28ClN3O3. The quantitative estimate of drug-likeness (QED) is 0.453. The van der Waals surface area contributed by atoms with Crippen molar-refractivity contribution in [3.63, 3.8) is 0 Å². The molecule has 1 heterocycles. The number of aromatic nitrogens is 2. The second kappa shape index (κ2) is 11.5. The van der Waals surface area contributed by atoms with Crippen molar-refractivity contribution in [1.82, 2.24) is 14.9 Å². The molecule has 0 aliphatic heterocycles. The Kier molecular flexibility index (Phi) is 8.45. The molecule has 3 aromatic rings. The number of amides is 1. The lowest BCUT2D eigenvalue weighted by molar-refractivity contribution is -0.141. The average Bonchev–Trinajstić information content (AvgIpc) is 3.15. The van der Waals surface area contributed by atoms with E-state index in [1.165, 1.54) is 0 Å². The Bertz CT molecular complexity index is 1050. The summed E-state index contributed by atoms with van der Waals surface area (Å²) < 4.78 is 2.02. The zero-order valence-corrected chi connectivity index (χ0v) is 18.9. The van der Waals surface area contributed by atoms with Crippen LogP contribution in [0.3, 0.4) is 0 Å². The monoisotopic (exact) mass is 453 g/mol. The molecule has 168 valence electrons. The van der Waals surface area contributed by atoms with Gasteiger partial charge >= 0.3 is 5.97 Å². The van der Waals surface area contributed by atoms with Gasteiger partial charge in [0, 0.05) is 29.8 Å². The van der Waals surface area contributed by atoms with Gasteiger partial charge in [0.1, 0.15) is 11.9 Å². The number of carboxylic acid groups (broad SMARTS) is 1. The van der Waals surface area contributed by atoms with E-state index < -0.39 is 12.0 Å². The van der Waals surface area contributed by atoms with E-state index in [0.29, 0.717) is 11.6 Å². The lowest BCUT2D eigenvalue weighted by atomic mass is 10.1. The van der Waals surface area contributed by atoms with Gasteiger partial charge in [0.15, 0.2) is 0 Å². The van der Waals surface area contributed by atoms with Crippen LogP contribution in [0.4, 0.5) is 0 Å². The summed E-state index contributed by atoms with van der Waals surface area (Å²) >= 11 is 6.37. The molecule has 2 N–H and O–H groups in total. The van der Waals surface area contributed by atoms with Crippen molar-refractivity contribution >= 4 is 23.5 Å². The van der Waals surface area contributed by atoms with E-state index in [9.17, 15) is 14.7 Å². The Labute approximate surface area is 193 Å². The third-order valence-corrected chi connectivity index (χ3v) is 5.68. The number of unbranched alkanes of at least 4 members (excludes halogenated alkanes) is 1. The zero-order valence-electron chi connectivity index (χ0n) is 18.1. The Balaban J connectivity index is 1.79. The lowest BCUT2D eigenvalue weighted by Gasteiger charge is -2.18. The van der Waals surface area contributed by atoms with Crippen LogP contribution in [0.2, 0.25) is 5.02 Å². The number of carbonyl (C=O) groups excluding carboxylic acids is 1. The number of hydrogen-bond acceptors (Lipinski definition) is 3. The summed E-state index contributed by atoms with van der Waals surface area (Å²) in [6.07, 6.45) is 4.78. The predicted octanol–water partition coefficient (Wildman–Crippen LogP) is 4.28. The summed E-state index contributed by atoms with van der Waals surface area (Å²) in [7, 11) is 0. The van der Waals surface area contributed by atoms with Crippen molar-refractivity contribution in [2.75, 3.05) is 0 Å². The molecule has 0 unspecified atom stereocenters. The number of halogens is 1. The molecule has 1 amide bonds. The number of benzene rings is 2. The van der Waals surface area contributed by atoms with Crippen LogP contribution in [0.5, 0.6) is 0 Å². The molecule has 3 rings (SSSR count). The fourth-order valence-electron chi connectivity index (χ4n) is 3.58. The molecule has 32 heavy (non-hydrogen) atoms. The number of aryl methyl sites for hydroxylation is 1. The van der Waals surface area contributed by atoms with Gasteiger partial charge in [-0.25, -0.2) is 9.78 Å². The number of carbonyl (C=O) groups is 2. The molecule has 0 radical (unpaired) electrons. The summed E-state index contributed by atoms with van der Waals surface area (Å²) in [6.45, 7) is 2.61. The summed E-state index contributed by atoms with van der Waals surface area (Å²) in [6, 6.07) is 15.8. The van der Waals surface area contributed by atoms with E-state index in [4.69, 9.17) is 11.6 Å². The minimum atomic E-state index is -1.08. The standard InChI is InChI=1S/C25H28ClN3O3/c1-2-3-13-23-27-16-20(29(23)17-19-11-7-8-12-21(19)26)15-22(25(31)32)28-24(30)14-18-9-5-4-6-10-18/h4-12,16,22H,2-3,13-15,17H2,1H3,(H,28,30)(H,31,32)/t22-/m0/s1. The van der Waals surface area contributed by atoms with Crippen LogP contribution < -0.4 is 5.32 Å². The first-order chi connectivity index (χ1) is 15.5. The van der Waals surface area contributed by atoms with Gasteiger partial charge < -0.3 is 15.0 Å². The smallest absolute Gasteiger partial charge is 0.326 e. The van der Waals surface area contributed by atoms with Gasteiger partial charge in [0.2, 0.25) is 5.91 Å². The normalized spacial score (nSPS) is 11.8. The molecule has 0 bridgehead atoms. The van der Waals surface area contributed by atoms with Gasteiger partial charge in [-0.1, -0.05) is 73.5 Å². The van der Waals surface area contributed by atoms with Gasteiger partial charge in [-0.3, -0.25) is 4.79 Å². The molecule has 0 spiro atoms. The highest BCUT2D eigenvalue weighted by Crippen LogP contribution is 2.20. The summed E-state index contributed by atoms with van der Waals surface area (Å²) in [5, 5.41) is 13.1. The molecule has 6 nitrogen and oxygen atoms in total. The SMILES string of the molecule is CCCCc1ncc(C[C@H](NC(=O)Cc2ccccc2)C(=O)O)n1Cc1ccccc1Cl. The number of imidazole rings is 1. The summed E-state index contributed by atoms with van der Waals surface area (Å²) in [4.78, 5) is 29.0. The first-order valence-corrected chi connectivity index (χ1v) is 11.2. The van der Waals surface area contributed by atoms with Crippen molar-refractivity contribution in [2.45, 2.75) is 51.6 Å². The second-order valence-corrected chi connectivity index (χ2v) is 8.18. The van der Waals surface area contributed by atoms with Crippen LogP contribution in [0, 0.1) is 0 Å². The molecule has 1 aromatic heterocycles.